The molecule has 0 saturated carbocycles. The van der Waals surface area contributed by atoms with Crippen LogP contribution in [0, 0.1) is 13.8 Å². The third kappa shape index (κ3) is 3.90. The Morgan fingerprint density at radius 1 is 1.15 bits per heavy atom. The number of aromatic nitrogens is 2. The molecule has 3 N–H and O–H groups in total. The van der Waals surface area contributed by atoms with Crippen LogP contribution in [0.15, 0.2) is 29.1 Å². The molecule has 3 aromatic rings. The number of nitrogens with one attached hydrogen (secondary N) is 1. The van der Waals surface area contributed by atoms with Crippen LogP contribution in [-0.4, -0.2) is 45.9 Å². The van der Waals surface area contributed by atoms with Crippen molar-refractivity contribution in [1.29, 1.82) is 0 Å². The van der Waals surface area contributed by atoms with Crippen LogP contribution < -0.4 is 11.3 Å². The maximum absolute atomic E-state index is 12.4. The fraction of sp³-hybridized carbons (Fsp3) is 0.400. The van der Waals surface area contributed by atoms with E-state index in [9.17, 15) is 4.79 Å². The third-order valence-corrected chi connectivity index (χ3v) is 6.38. The van der Waals surface area contributed by atoms with Crippen molar-refractivity contribution in [3.63, 3.8) is 0 Å². The van der Waals surface area contributed by atoms with E-state index in [-0.39, 0.29) is 5.56 Å². The second-order valence-corrected chi connectivity index (χ2v) is 8.48. The molecule has 2 aromatic heterocycles. The average Bonchev–Trinajstić information content (AvgIpc) is 2.91. The Kier molecular flexibility index (Phi) is 4.99. The molecule has 0 aliphatic carbocycles. The lowest BCUT2D eigenvalue weighted by Gasteiger charge is -2.34. The van der Waals surface area contributed by atoms with Gasteiger partial charge in [-0.05, 0) is 37.1 Å². The van der Waals surface area contributed by atoms with Gasteiger partial charge in [-0.3, -0.25) is 14.6 Å². The topological polar surface area (TPSA) is 78.2 Å². The average molecular weight is 384 g/mol. The standard InChI is InChI=1S/C20H25N5OS/c1-13-14(2)27-20-18(13)19(26)22-17(23-20)12-25-8-6-24(7-9-25)11-15-4-3-5-16(21)10-15/h3-5,10H,6-9,11-12,21H2,1-2H3,(H,22,23,26). The number of aromatic amines is 1. The number of thiophene rings is 1. The van der Waals surface area contributed by atoms with Gasteiger partial charge in [0.15, 0.2) is 0 Å². The lowest BCUT2D eigenvalue weighted by molar-refractivity contribution is 0.120. The molecule has 0 bridgehead atoms. The lowest BCUT2D eigenvalue weighted by atomic mass is 10.2. The smallest absolute Gasteiger partial charge is 0.259 e. The predicted molar refractivity (Wildman–Crippen MR) is 111 cm³/mol. The molecule has 1 fully saturated rings. The number of nitrogens with zero attached hydrogens (tertiary/aromatic N) is 3. The van der Waals surface area contributed by atoms with Gasteiger partial charge in [-0.2, -0.15) is 0 Å². The van der Waals surface area contributed by atoms with Gasteiger partial charge in [0, 0.05) is 43.3 Å². The first-order valence-corrected chi connectivity index (χ1v) is 10.1. The monoisotopic (exact) mass is 383 g/mol. The highest BCUT2D eigenvalue weighted by Crippen LogP contribution is 2.25. The highest BCUT2D eigenvalue weighted by Gasteiger charge is 2.19. The number of benzene rings is 1. The van der Waals surface area contributed by atoms with E-state index in [4.69, 9.17) is 10.7 Å². The fourth-order valence-electron chi connectivity index (χ4n) is 3.64. The molecule has 1 aliphatic rings. The second kappa shape index (κ2) is 7.42. The summed E-state index contributed by atoms with van der Waals surface area (Å²) in [6.07, 6.45) is 0. The molecule has 0 atom stereocenters. The molecule has 0 unspecified atom stereocenters. The molecule has 0 spiro atoms. The summed E-state index contributed by atoms with van der Waals surface area (Å²) in [7, 11) is 0. The van der Waals surface area contributed by atoms with E-state index in [1.165, 1.54) is 5.56 Å². The molecule has 7 heteroatoms. The van der Waals surface area contributed by atoms with Crippen LogP contribution in [0.2, 0.25) is 0 Å². The number of aryl methyl sites for hydroxylation is 2. The van der Waals surface area contributed by atoms with Gasteiger partial charge in [0.05, 0.1) is 11.9 Å². The van der Waals surface area contributed by atoms with Crippen molar-refractivity contribution in [3.8, 4) is 0 Å². The van der Waals surface area contributed by atoms with Crippen LogP contribution in [0.4, 0.5) is 5.69 Å². The van der Waals surface area contributed by atoms with Gasteiger partial charge in [0.25, 0.3) is 5.56 Å². The number of anilines is 1. The molecular formula is C20H25N5OS. The SMILES string of the molecule is Cc1sc2nc(CN3CCN(Cc4cccc(N)c4)CC3)[nH]c(=O)c2c1C. The lowest BCUT2D eigenvalue weighted by Crippen LogP contribution is -2.45. The Bertz CT molecular complexity index is 1020. The Balaban J connectivity index is 1.39. The van der Waals surface area contributed by atoms with Crippen molar-refractivity contribution in [1.82, 2.24) is 19.8 Å². The minimum atomic E-state index is -0.0165. The summed E-state index contributed by atoms with van der Waals surface area (Å²) in [6.45, 7) is 9.57. The van der Waals surface area contributed by atoms with Gasteiger partial charge in [-0.15, -0.1) is 11.3 Å². The number of hydrogen-bond acceptors (Lipinski definition) is 6. The van der Waals surface area contributed by atoms with Crippen molar-refractivity contribution in [2.24, 2.45) is 0 Å². The minimum absolute atomic E-state index is 0.0165. The molecule has 142 valence electrons. The zero-order chi connectivity index (χ0) is 19.0. The number of H-pyrrole nitrogens is 1. The van der Waals surface area contributed by atoms with Crippen LogP contribution in [0.5, 0.6) is 0 Å². The van der Waals surface area contributed by atoms with E-state index in [1.807, 2.05) is 32.0 Å². The largest absolute Gasteiger partial charge is 0.399 e. The zero-order valence-corrected chi connectivity index (χ0v) is 16.6. The van der Waals surface area contributed by atoms with Crippen molar-refractivity contribution >= 4 is 27.2 Å². The van der Waals surface area contributed by atoms with E-state index in [0.29, 0.717) is 6.54 Å². The number of rotatable bonds is 4. The normalized spacial score (nSPS) is 16.2. The predicted octanol–water partition coefficient (Wildman–Crippen LogP) is 2.50. The van der Waals surface area contributed by atoms with Crippen molar-refractivity contribution in [2.75, 3.05) is 31.9 Å². The molecule has 1 aromatic carbocycles. The van der Waals surface area contributed by atoms with Gasteiger partial charge in [0.2, 0.25) is 0 Å². The van der Waals surface area contributed by atoms with Crippen molar-refractivity contribution in [3.05, 3.63) is 56.4 Å². The summed E-state index contributed by atoms with van der Waals surface area (Å²) in [5, 5.41) is 0.744. The summed E-state index contributed by atoms with van der Waals surface area (Å²) < 4.78 is 0. The van der Waals surface area contributed by atoms with Gasteiger partial charge >= 0.3 is 0 Å². The molecular weight excluding hydrogens is 358 g/mol. The first kappa shape index (κ1) is 18.2. The zero-order valence-electron chi connectivity index (χ0n) is 15.8. The van der Waals surface area contributed by atoms with E-state index in [1.54, 1.807) is 11.3 Å². The fourth-order valence-corrected chi connectivity index (χ4v) is 4.69. The Morgan fingerprint density at radius 3 is 2.56 bits per heavy atom. The van der Waals surface area contributed by atoms with Crippen LogP contribution in [0.25, 0.3) is 10.2 Å². The quantitative estimate of drug-likeness (QED) is 0.677. The molecule has 0 radical (unpaired) electrons. The van der Waals surface area contributed by atoms with Gasteiger partial charge in [0.1, 0.15) is 10.7 Å². The molecule has 27 heavy (non-hydrogen) atoms. The van der Waals surface area contributed by atoms with E-state index < -0.39 is 0 Å². The number of fused-ring (bicyclic) bond motifs is 1. The summed E-state index contributed by atoms with van der Waals surface area (Å²) >= 11 is 1.60. The van der Waals surface area contributed by atoms with Crippen LogP contribution in [-0.2, 0) is 13.1 Å². The molecule has 1 saturated heterocycles. The van der Waals surface area contributed by atoms with E-state index in [2.05, 4.69) is 20.9 Å². The first-order chi connectivity index (χ1) is 13.0. The molecule has 0 amide bonds. The van der Waals surface area contributed by atoms with E-state index in [0.717, 1.165) is 64.9 Å². The summed E-state index contributed by atoms with van der Waals surface area (Å²) in [4.78, 5) is 26.9. The molecule has 6 nitrogen and oxygen atoms in total. The molecule has 4 rings (SSSR count). The highest BCUT2D eigenvalue weighted by atomic mass is 32.1. The van der Waals surface area contributed by atoms with Gasteiger partial charge < -0.3 is 10.7 Å². The number of nitrogen functional groups attached to an aromatic ring is 1. The van der Waals surface area contributed by atoms with Gasteiger partial charge in [-0.25, -0.2) is 4.98 Å². The van der Waals surface area contributed by atoms with Crippen LogP contribution in [0.1, 0.15) is 21.8 Å². The van der Waals surface area contributed by atoms with E-state index >= 15 is 0 Å². The number of nitrogens with two attached hydrogens (primary N) is 1. The summed E-state index contributed by atoms with van der Waals surface area (Å²) in [6, 6.07) is 8.09. The maximum Gasteiger partial charge on any atom is 0.259 e. The van der Waals surface area contributed by atoms with Crippen molar-refractivity contribution < 1.29 is 0 Å². The van der Waals surface area contributed by atoms with Crippen LogP contribution >= 0.6 is 11.3 Å². The summed E-state index contributed by atoms with van der Waals surface area (Å²) in [5.41, 5.74) is 8.97. The summed E-state index contributed by atoms with van der Waals surface area (Å²) in [5.74, 6) is 0.762. The maximum atomic E-state index is 12.4. The first-order valence-electron chi connectivity index (χ1n) is 9.27. The Labute approximate surface area is 162 Å². The van der Waals surface area contributed by atoms with Crippen molar-refractivity contribution in [2.45, 2.75) is 26.9 Å². The third-order valence-electron chi connectivity index (χ3n) is 5.28. The Morgan fingerprint density at radius 2 is 1.85 bits per heavy atom. The Hall–Kier alpha value is -2.22. The highest BCUT2D eigenvalue weighted by molar-refractivity contribution is 7.18. The van der Waals surface area contributed by atoms with Gasteiger partial charge in [-0.1, -0.05) is 12.1 Å². The molecule has 1 aliphatic heterocycles. The van der Waals surface area contributed by atoms with Crippen LogP contribution in [0.3, 0.4) is 0 Å². The molecule has 3 heterocycles. The second-order valence-electron chi connectivity index (χ2n) is 7.27. The number of piperazine rings is 1. The minimum Gasteiger partial charge on any atom is -0.399 e. The number of hydrogen-bond donors (Lipinski definition) is 2.